The minimum Gasteiger partial charge on any atom is -0.198 e. The zero-order valence-electron chi connectivity index (χ0n) is 9.58. The summed E-state index contributed by atoms with van der Waals surface area (Å²) in [5.41, 5.74) is 0.886. The summed E-state index contributed by atoms with van der Waals surface area (Å²) in [6.45, 7) is 0. The van der Waals surface area contributed by atoms with Crippen molar-refractivity contribution in [3.63, 3.8) is 0 Å². The van der Waals surface area contributed by atoms with Crippen molar-refractivity contribution >= 4 is 0 Å². The minimum absolute atomic E-state index is 0.377. The second-order valence-corrected chi connectivity index (χ2v) is 4.54. The molecule has 1 saturated carbocycles. The van der Waals surface area contributed by atoms with Crippen molar-refractivity contribution in [1.29, 1.82) is 0 Å². The number of rotatable bonds is 2. The van der Waals surface area contributed by atoms with Crippen LogP contribution in [0.3, 0.4) is 0 Å². The third-order valence-corrected chi connectivity index (χ3v) is 3.33. The Hall–Kier alpha value is -0.940. The first kappa shape index (κ1) is 11.2. The van der Waals surface area contributed by atoms with E-state index in [4.69, 9.17) is 19.6 Å². The van der Waals surface area contributed by atoms with Gasteiger partial charge in [-0.05, 0) is 12.8 Å². The maximum absolute atomic E-state index is 5.28. The molecule has 2 aliphatic rings. The van der Waals surface area contributed by atoms with Gasteiger partial charge in [0, 0.05) is 11.5 Å². The molecule has 1 aromatic rings. The van der Waals surface area contributed by atoms with E-state index < -0.39 is 6.29 Å². The molecule has 1 saturated heterocycles. The molecule has 1 aromatic carbocycles. The molecule has 92 valence electrons. The highest BCUT2D eigenvalue weighted by atomic mass is 17.4. The Morgan fingerprint density at radius 1 is 0.824 bits per heavy atom. The second kappa shape index (κ2) is 5.14. The largest absolute Gasteiger partial charge is 0.249 e. The molecule has 3 rings (SSSR count). The van der Waals surface area contributed by atoms with Crippen LogP contribution in [-0.4, -0.2) is 6.29 Å². The highest BCUT2D eigenvalue weighted by Gasteiger charge is 2.34. The zero-order valence-corrected chi connectivity index (χ0v) is 9.58. The summed E-state index contributed by atoms with van der Waals surface area (Å²) in [6.07, 6.45) is 3.73. The maximum Gasteiger partial charge on any atom is 0.249 e. The molecule has 17 heavy (non-hydrogen) atoms. The molecular weight excluding hydrogens is 220 g/mol. The molecule has 0 radical (unpaired) electrons. The van der Waals surface area contributed by atoms with Gasteiger partial charge in [-0.25, -0.2) is 0 Å². The fraction of sp³-hybridized carbons (Fsp3) is 0.538. The van der Waals surface area contributed by atoms with E-state index in [2.05, 4.69) is 0 Å². The van der Waals surface area contributed by atoms with Gasteiger partial charge in [0.05, 0.1) is 0 Å². The molecule has 1 heterocycles. The molecule has 4 heteroatoms. The third-order valence-electron chi connectivity index (χ3n) is 3.33. The normalized spacial score (nSPS) is 30.6. The molecule has 0 amide bonds. The summed E-state index contributed by atoms with van der Waals surface area (Å²) in [5.74, 6) is 0.395. The van der Waals surface area contributed by atoms with Gasteiger partial charge in [-0.2, -0.15) is 19.6 Å². The van der Waals surface area contributed by atoms with Crippen LogP contribution in [0.5, 0.6) is 0 Å². The summed E-state index contributed by atoms with van der Waals surface area (Å²) < 4.78 is 0. The molecule has 0 N–H and O–H groups in total. The zero-order chi connectivity index (χ0) is 11.5. The lowest BCUT2D eigenvalue weighted by atomic mass is 10.1. The molecule has 0 spiro atoms. The highest BCUT2D eigenvalue weighted by molar-refractivity contribution is 5.15. The molecule has 1 aliphatic heterocycles. The highest BCUT2D eigenvalue weighted by Crippen LogP contribution is 2.34. The van der Waals surface area contributed by atoms with E-state index in [0.717, 1.165) is 18.4 Å². The van der Waals surface area contributed by atoms with E-state index in [9.17, 15) is 0 Å². The van der Waals surface area contributed by atoms with Crippen molar-refractivity contribution in [2.75, 3.05) is 0 Å². The van der Waals surface area contributed by atoms with E-state index in [0.29, 0.717) is 5.92 Å². The van der Waals surface area contributed by atoms with Crippen molar-refractivity contribution < 1.29 is 19.6 Å². The van der Waals surface area contributed by atoms with Gasteiger partial charge in [-0.1, -0.05) is 43.2 Å². The second-order valence-electron chi connectivity index (χ2n) is 4.54. The van der Waals surface area contributed by atoms with E-state index in [-0.39, 0.29) is 6.29 Å². The van der Waals surface area contributed by atoms with Crippen LogP contribution in [0.4, 0.5) is 0 Å². The Balaban J connectivity index is 1.57. The van der Waals surface area contributed by atoms with Crippen molar-refractivity contribution in [1.82, 2.24) is 0 Å². The average Bonchev–Trinajstić information content (AvgIpc) is 2.94. The van der Waals surface area contributed by atoms with Gasteiger partial charge in [0.1, 0.15) is 0 Å². The minimum atomic E-state index is -0.589. The van der Waals surface area contributed by atoms with E-state index in [1.807, 2.05) is 30.3 Å². The first-order valence-electron chi connectivity index (χ1n) is 6.13. The average molecular weight is 236 g/mol. The quantitative estimate of drug-likeness (QED) is 0.739. The molecule has 0 aromatic heterocycles. The van der Waals surface area contributed by atoms with Crippen LogP contribution < -0.4 is 0 Å². The summed E-state index contributed by atoms with van der Waals surface area (Å²) in [5, 5.41) is 0. The third kappa shape index (κ3) is 2.50. The summed E-state index contributed by atoms with van der Waals surface area (Å²) in [6, 6.07) is 9.60. The van der Waals surface area contributed by atoms with Crippen molar-refractivity contribution in [3.8, 4) is 0 Å². The van der Waals surface area contributed by atoms with E-state index >= 15 is 0 Å². The maximum atomic E-state index is 5.28. The molecule has 0 unspecified atom stereocenters. The number of benzene rings is 1. The lowest BCUT2D eigenvalue weighted by Crippen LogP contribution is -2.32. The van der Waals surface area contributed by atoms with Crippen LogP contribution in [0, 0.1) is 5.92 Å². The molecule has 0 bridgehead atoms. The Labute approximate surface area is 100 Å². The SMILES string of the molecule is c1ccc(C2OOC(C3CCCC3)OO2)cc1. The van der Waals surface area contributed by atoms with Gasteiger partial charge in [0.2, 0.25) is 12.6 Å². The van der Waals surface area contributed by atoms with Crippen LogP contribution >= 0.6 is 0 Å². The molecular formula is C13H16O4. The van der Waals surface area contributed by atoms with E-state index in [1.54, 1.807) is 0 Å². The standard InChI is InChI=1S/C13H16O4/c1-2-6-10(7-3-1)12-14-16-13(17-15-12)11-8-4-5-9-11/h1-3,6-7,11-13H,4-5,8-9H2. The fourth-order valence-electron chi connectivity index (χ4n) is 2.35. The molecule has 2 fully saturated rings. The van der Waals surface area contributed by atoms with Gasteiger partial charge >= 0.3 is 0 Å². The van der Waals surface area contributed by atoms with Gasteiger partial charge < -0.3 is 0 Å². The monoisotopic (exact) mass is 236 g/mol. The van der Waals surface area contributed by atoms with Crippen LogP contribution in [0.15, 0.2) is 30.3 Å². The van der Waals surface area contributed by atoms with Crippen LogP contribution in [0.25, 0.3) is 0 Å². The predicted molar refractivity (Wildman–Crippen MR) is 59.3 cm³/mol. The molecule has 1 aliphatic carbocycles. The van der Waals surface area contributed by atoms with Gasteiger partial charge in [-0.3, -0.25) is 0 Å². The molecule has 0 atom stereocenters. The predicted octanol–water partition coefficient (Wildman–Crippen LogP) is 3.11. The fourth-order valence-corrected chi connectivity index (χ4v) is 2.35. The Bertz CT molecular complexity index is 340. The molecule has 4 nitrogen and oxygen atoms in total. The van der Waals surface area contributed by atoms with Crippen molar-refractivity contribution in [2.24, 2.45) is 5.92 Å². The topological polar surface area (TPSA) is 36.9 Å². The first-order valence-corrected chi connectivity index (χ1v) is 6.13. The van der Waals surface area contributed by atoms with Gasteiger partial charge in [0.15, 0.2) is 0 Å². The summed E-state index contributed by atoms with van der Waals surface area (Å²) in [4.78, 5) is 21.0. The van der Waals surface area contributed by atoms with Gasteiger partial charge in [0.25, 0.3) is 0 Å². The van der Waals surface area contributed by atoms with Crippen LogP contribution in [0.2, 0.25) is 0 Å². The smallest absolute Gasteiger partial charge is 0.198 e. The lowest BCUT2D eigenvalue weighted by molar-refractivity contribution is -0.601. The Kier molecular flexibility index (Phi) is 3.38. The Morgan fingerprint density at radius 2 is 1.47 bits per heavy atom. The van der Waals surface area contributed by atoms with Crippen molar-refractivity contribution in [3.05, 3.63) is 35.9 Å². The van der Waals surface area contributed by atoms with Crippen LogP contribution in [0.1, 0.15) is 37.5 Å². The summed E-state index contributed by atoms with van der Waals surface area (Å²) in [7, 11) is 0. The van der Waals surface area contributed by atoms with Crippen molar-refractivity contribution in [2.45, 2.75) is 38.3 Å². The Morgan fingerprint density at radius 3 is 2.12 bits per heavy atom. The first-order chi connectivity index (χ1) is 8.43. The van der Waals surface area contributed by atoms with Crippen LogP contribution in [-0.2, 0) is 19.6 Å². The van der Waals surface area contributed by atoms with E-state index in [1.165, 1.54) is 12.8 Å². The van der Waals surface area contributed by atoms with Gasteiger partial charge in [-0.15, -0.1) is 0 Å². The summed E-state index contributed by atoms with van der Waals surface area (Å²) >= 11 is 0. The number of hydrogen-bond acceptors (Lipinski definition) is 4. The number of hydrogen-bond donors (Lipinski definition) is 0. The lowest BCUT2D eigenvalue weighted by Gasteiger charge is -2.29.